The monoisotopic (exact) mass is 1080 g/mol. The van der Waals surface area contributed by atoms with E-state index in [4.69, 9.17) is 9.47 Å². The van der Waals surface area contributed by atoms with Crippen molar-refractivity contribution in [3.8, 4) is 0 Å². The van der Waals surface area contributed by atoms with E-state index in [1.54, 1.807) is 6.08 Å². The van der Waals surface area contributed by atoms with Gasteiger partial charge in [-0.1, -0.05) is 286 Å². The third-order valence-electron chi connectivity index (χ3n) is 15.5. The summed E-state index contributed by atoms with van der Waals surface area (Å²) in [5.41, 5.74) is 0. The second-order valence-electron chi connectivity index (χ2n) is 22.9. The van der Waals surface area contributed by atoms with Gasteiger partial charge in [0.05, 0.1) is 25.4 Å². The minimum Gasteiger partial charge on any atom is -0.394 e. The van der Waals surface area contributed by atoms with Crippen LogP contribution in [0, 0.1) is 0 Å². The third kappa shape index (κ3) is 46.2. The van der Waals surface area contributed by atoms with Crippen molar-refractivity contribution in [3.05, 3.63) is 60.8 Å². The molecule has 6 N–H and O–H groups in total. The van der Waals surface area contributed by atoms with Gasteiger partial charge in [0, 0.05) is 6.42 Å². The lowest BCUT2D eigenvalue weighted by Gasteiger charge is -2.40. The van der Waals surface area contributed by atoms with E-state index >= 15 is 0 Å². The van der Waals surface area contributed by atoms with Crippen LogP contribution in [0.25, 0.3) is 0 Å². The van der Waals surface area contributed by atoms with Gasteiger partial charge in [0.25, 0.3) is 0 Å². The minimum absolute atomic E-state index is 0.187. The van der Waals surface area contributed by atoms with Crippen molar-refractivity contribution in [2.45, 2.75) is 352 Å². The summed E-state index contributed by atoms with van der Waals surface area (Å²) in [6.45, 7) is 3.77. The van der Waals surface area contributed by atoms with E-state index < -0.39 is 49.5 Å². The van der Waals surface area contributed by atoms with Crippen molar-refractivity contribution in [2.75, 3.05) is 13.2 Å². The summed E-state index contributed by atoms with van der Waals surface area (Å²) in [4.78, 5) is 13.1. The summed E-state index contributed by atoms with van der Waals surface area (Å²) >= 11 is 0. The van der Waals surface area contributed by atoms with Crippen LogP contribution in [0.5, 0.6) is 0 Å². The molecule has 1 fully saturated rings. The van der Waals surface area contributed by atoms with E-state index in [1.165, 1.54) is 238 Å². The summed E-state index contributed by atoms with van der Waals surface area (Å²) in [6, 6.07) is -0.829. The molecule has 7 unspecified atom stereocenters. The third-order valence-corrected chi connectivity index (χ3v) is 15.5. The van der Waals surface area contributed by atoms with Crippen LogP contribution in [-0.4, -0.2) is 87.5 Å². The van der Waals surface area contributed by atoms with Crippen molar-refractivity contribution in [2.24, 2.45) is 0 Å². The second-order valence-corrected chi connectivity index (χ2v) is 22.9. The number of aliphatic hydroxyl groups excluding tert-OH is 5. The zero-order valence-electron chi connectivity index (χ0n) is 50.2. The van der Waals surface area contributed by atoms with E-state index in [1.807, 2.05) is 6.08 Å². The Morgan fingerprint density at radius 3 is 1.17 bits per heavy atom. The number of allylic oxidation sites excluding steroid dienone is 9. The molecule has 1 rings (SSSR count). The predicted octanol–water partition coefficient (Wildman–Crippen LogP) is 17.4. The Bertz CT molecular complexity index is 1400. The summed E-state index contributed by atoms with van der Waals surface area (Å²) in [5.74, 6) is -0.187. The molecule has 77 heavy (non-hydrogen) atoms. The Morgan fingerprint density at radius 2 is 0.779 bits per heavy atom. The van der Waals surface area contributed by atoms with Crippen LogP contribution in [-0.2, 0) is 14.3 Å². The standard InChI is InChI=1S/C68H125NO8/c1-3-5-7-9-11-13-15-17-19-21-23-24-25-26-27-28-29-30-31-32-33-34-35-36-37-38-40-42-44-46-48-50-52-54-56-58-64(72)69-61(60-76-68-67(75)66(74)65(73)63(59-70)77-68)62(71)57-55-53-51-49-47-45-43-41-39-22-20-18-16-14-12-10-8-6-4-2/h15,17,21,23,39,41,47,49,55,57,61-63,65-68,70-71,73-75H,3-14,16,18-20,22,24-38,40,42-46,48,50-54,56,58-60H2,1-2H3,(H,69,72)/b17-15-,23-21-,41-39+,49-47+,57-55+. The first kappa shape index (κ1) is 72.9. The highest BCUT2D eigenvalue weighted by Gasteiger charge is 2.44. The first-order chi connectivity index (χ1) is 37.8. The second kappa shape index (κ2) is 57.1. The minimum atomic E-state index is -1.58. The van der Waals surface area contributed by atoms with Crippen LogP contribution in [0.15, 0.2) is 60.8 Å². The van der Waals surface area contributed by atoms with Gasteiger partial charge in [-0.3, -0.25) is 4.79 Å². The highest BCUT2D eigenvalue weighted by molar-refractivity contribution is 5.76. The van der Waals surface area contributed by atoms with Crippen LogP contribution in [0.4, 0.5) is 0 Å². The first-order valence-electron chi connectivity index (χ1n) is 33.0. The molecule has 1 amide bonds. The van der Waals surface area contributed by atoms with Gasteiger partial charge in [-0.2, -0.15) is 0 Å². The van der Waals surface area contributed by atoms with E-state index in [0.29, 0.717) is 6.42 Å². The van der Waals surface area contributed by atoms with Crippen LogP contribution >= 0.6 is 0 Å². The zero-order valence-corrected chi connectivity index (χ0v) is 50.2. The van der Waals surface area contributed by atoms with E-state index in [2.05, 4.69) is 67.8 Å². The Kier molecular flexibility index (Phi) is 54.1. The number of aliphatic hydroxyl groups is 5. The molecular weight excluding hydrogens is 959 g/mol. The molecule has 0 bridgehead atoms. The molecule has 0 aromatic heterocycles. The molecule has 1 aliphatic rings. The maximum Gasteiger partial charge on any atom is 0.220 e. The first-order valence-corrected chi connectivity index (χ1v) is 33.0. The van der Waals surface area contributed by atoms with Gasteiger partial charge >= 0.3 is 0 Å². The Labute approximate surface area is 475 Å². The zero-order chi connectivity index (χ0) is 55.8. The summed E-state index contributed by atoms with van der Waals surface area (Å²) in [6.07, 6.45) is 71.8. The Balaban J connectivity index is 2.12. The number of rotatable bonds is 57. The van der Waals surface area contributed by atoms with Gasteiger partial charge in [-0.25, -0.2) is 0 Å². The average molecular weight is 1080 g/mol. The fourth-order valence-corrected chi connectivity index (χ4v) is 10.3. The molecule has 450 valence electrons. The van der Waals surface area contributed by atoms with Gasteiger partial charge in [0.1, 0.15) is 24.4 Å². The molecule has 1 saturated heterocycles. The predicted molar refractivity (Wildman–Crippen MR) is 327 cm³/mol. The Hall–Kier alpha value is -2.11. The summed E-state index contributed by atoms with van der Waals surface area (Å²) < 4.78 is 11.3. The van der Waals surface area contributed by atoms with Gasteiger partial charge < -0.3 is 40.3 Å². The number of ether oxygens (including phenoxy) is 2. The quantitative estimate of drug-likeness (QED) is 0.0261. The van der Waals surface area contributed by atoms with Crippen molar-refractivity contribution < 1.29 is 39.8 Å². The van der Waals surface area contributed by atoms with Crippen molar-refractivity contribution >= 4 is 5.91 Å². The largest absolute Gasteiger partial charge is 0.394 e. The lowest BCUT2D eigenvalue weighted by molar-refractivity contribution is -0.302. The van der Waals surface area contributed by atoms with Gasteiger partial charge in [0.15, 0.2) is 6.29 Å². The maximum absolute atomic E-state index is 13.1. The molecule has 0 aromatic rings. The average Bonchev–Trinajstić information content (AvgIpc) is 3.43. The van der Waals surface area contributed by atoms with Crippen LogP contribution in [0.3, 0.4) is 0 Å². The highest BCUT2D eigenvalue weighted by atomic mass is 16.7. The fourth-order valence-electron chi connectivity index (χ4n) is 10.3. The molecule has 9 nitrogen and oxygen atoms in total. The molecule has 0 aromatic carbocycles. The number of hydrogen-bond donors (Lipinski definition) is 6. The summed E-state index contributed by atoms with van der Waals surface area (Å²) in [5, 5.41) is 54.6. The number of unbranched alkanes of at least 4 members (excludes halogenated alkanes) is 39. The van der Waals surface area contributed by atoms with Gasteiger partial charge in [-0.15, -0.1) is 0 Å². The molecule has 0 radical (unpaired) electrons. The molecule has 0 saturated carbocycles. The van der Waals surface area contributed by atoms with Crippen LogP contribution in [0.2, 0.25) is 0 Å². The summed E-state index contributed by atoms with van der Waals surface area (Å²) in [7, 11) is 0. The number of hydrogen-bond acceptors (Lipinski definition) is 8. The lowest BCUT2D eigenvalue weighted by atomic mass is 9.99. The van der Waals surface area contributed by atoms with Crippen molar-refractivity contribution in [1.82, 2.24) is 5.32 Å². The Morgan fingerprint density at radius 1 is 0.442 bits per heavy atom. The number of carbonyl (C=O) groups excluding carboxylic acids is 1. The number of nitrogens with one attached hydrogen (secondary N) is 1. The molecule has 0 spiro atoms. The smallest absolute Gasteiger partial charge is 0.220 e. The van der Waals surface area contributed by atoms with Crippen LogP contribution in [0.1, 0.15) is 309 Å². The lowest BCUT2D eigenvalue weighted by Crippen LogP contribution is -2.60. The molecular formula is C68H125NO8. The normalized spacial score (nSPS) is 19.1. The number of carbonyl (C=O) groups is 1. The molecule has 7 atom stereocenters. The van der Waals surface area contributed by atoms with Gasteiger partial charge in [-0.05, 0) is 77.0 Å². The highest BCUT2D eigenvalue weighted by Crippen LogP contribution is 2.23. The molecule has 1 aliphatic heterocycles. The van der Waals surface area contributed by atoms with E-state index in [9.17, 15) is 30.3 Å². The molecule has 1 heterocycles. The fraction of sp³-hybridized carbons (Fsp3) is 0.838. The SMILES string of the molecule is CCCCCCC/C=C\C/C=C\CCCCCCCCCCCCCCCCCCCCCCCCCC(=O)NC(COC1OC(CO)C(O)C(O)C1O)C(O)/C=C/CC/C=C/CC/C=C/CCCCCCCCCCC. The number of amides is 1. The van der Waals surface area contributed by atoms with Crippen molar-refractivity contribution in [3.63, 3.8) is 0 Å². The molecule has 9 heteroatoms. The maximum atomic E-state index is 13.1. The van der Waals surface area contributed by atoms with E-state index in [0.717, 1.165) is 51.4 Å². The van der Waals surface area contributed by atoms with Gasteiger partial charge in [0.2, 0.25) is 5.91 Å². The van der Waals surface area contributed by atoms with E-state index in [-0.39, 0.29) is 12.5 Å². The van der Waals surface area contributed by atoms with Crippen LogP contribution < -0.4 is 5.32 Å². The molecule has 0 aliphatic carbocycles. The topological polar surface area (TPSA) is 149 Å². The van der Waals surface area contributed by atoms with Crippen molar-refractivity contribution in [1.29, 1.82) is 0 Å².